The van der Waals surface area contributed by atoms with E-state index in [1.807, 2.05) is 6.07 Å². The van der Waals surface area contributed by atoms with Crippen LogP contribution in [0.15, 0.2) is 54.6 Å². The van der Waals surface area contributed by atoms with Crippen molar-refractivity contribution < 1.29 is 14.3 Å². The summed E-state index contributed by atoms with van der Waals surface area (Å²) >= 11 is 0. The Bertz CT molecular complexity index is 851. The van der Waals surface area contributed by atoms with Gasteiger partial charge in [-0.05, 0) is 62.6 Å². The molecule has 0 heterocycles. The first-order valence-electron chi connectivity index (χ1n) is 10.3. The standard InChI is InChI=1S/C25H30N2O3/c1-20(25(29)30-2)27-24(28)23-16-14-22(15-17-23)13-9-19-26-18-8-4-7-12-21-10-5-3-6-11-21/h3,5-6,10-11,14-17,20,26H,4,7-8,12,18-19H2,1-2H3,(H,27,28). The van der Waals surface area contributed by atoms with Gasteiger partial charge in [0.15, 0.2) is 0 Å². The second-order valence-electron chi connectivity index (χ2n) is 7.07. The number of benzene rings is 2. The van der Waals surface area contributed by atoms with Gasteiger partial charge in [-0.2, -0.15) is 0 Å². The Labute approximate surface area is 179 Å². The molecule has 30 heavy (non-hydrogen) atoms. The zero-order valence-electron chi connectivity index (χ0n) is 17.7. The van der Waals surface area contributed by atoms with E-state index in [-0.39, 0.29) is 5.91 Å². The molecule has 0 radical (unpaired) electrons. The van der Waals surface area contributed by atoms with Crippen molar-refractivity contribution in [2.75, 3.05) is 20.2 Å². The highest BCUT2D eigenvalue weighted by Crippen LogP contribution is 2.06. The molecule has 0 saturated heterocycles. The number of aryl methyl sites for hydroxylation is 1. The first-order valence-corrected chi connectivity index (χ1v) is 10.3. The van der Waals surface area contributed by atoms with Crippen LogP contribution in [-0.2, 0) is 16.0 Å². The normalized spacial score (nSPS) is 11.1. The summed E-state index contributed by atoms with van der Waals surface area (Å²) in [4.78, 5) is 23.5. The molecule has 1 unspecified atom stereocenters. The van der Waals surface area contributed by atoms with Crippen molar-refractivity contribution in [1.29, 1.82) is 0 Å². The maximum absolute atomic E-state index is 12.1. The van der Waals surface area contributed by atoms with Gasteiger partial charge < -0.3 is 15.4 Å². The highest BCUT2D eigenvalue weighted by atomic mass is 16.5. The summed E-state index contributed by atoms with van der Waals surface area (Å²) in [6, 6.07) is 16.9. The van der Waals surface area contributed by atoms with Crippen LogP contribution in [0.2, 0.25) is 0 Å². The number of ether oxygens (including phenoxy) is 1. The van der Waals surface area contributed by atoms with E-state index in [1.54, 1.807) is 31.2 Å². The van der Waals surface area contributed by atoms with E-state index in [2.05, 4.69) is 51.5 Å². The highest BCUT2D eigenvalue weighted by molar-refractivity contribution is 5.96. The smallest absolute Gasteiger partial charge is 0.328 e. The second-order valence-corrected chi connectivity index (χ2v) is 7.07. The summed E-state index contributed by atoms with van der Waals surface area (Å²) < 4.78 is 4.60. The van der Waals surface area contributed by atoms with Crippen LogP contribution in [0.1, 0.15) is 47.7 Å². The van der Waals surface area contributed by atoms with E-state index in [0.29, 0.717) is 12.1 Å². The minimum Gasteiger partial charge on any atom is -0.467 e. The van der Waals surface area contributed by atoms with Crippen molar-refractivity contribution in [3.63, 3.8) is 0 Å². The lowest BCUT2D eigenvalue weighted by molar-refractivity contribution is -0.142. The predicted molar refractivity (Wildman–Crippen MR) is 119 cm³/mol. The van der Waals surface area contributed by atoms with Gasteiger partial charge in [0.1, 0.15) is 6.04 Å². The van der Waals surface area contributed by atoms with Crippen molar-refractivity contribution in [2.24, 2.45) is 0 Å². The van der Waals surface area contributed by atoms with Gasteiger partial charge in [-0.3, -0.25) is 4.79 Å². The van der Waals surface area contributed by atoms with E-state index >= 15 is 0 Å². The summed E-state index contributed by atoms with van der Waals surface area (Å²) in [6.45, 7) is 3.18. The fourth-order valence-electron chi connectivity index (χ4n) is 2.92. The Kier molecular flexibility index (Phi) is 10.2. The monoisotopic (exact) mass is 406 g/mol. The zero-order chi connectivity index (χ0) is 21.6. The van der Waals surface area contributed by atoms with Crippen molar-refractivity contribution in [3.05, 3.63) is 71.3 Å². The number of amides is 1. The fraction of sp³-hybridized carbons (Fsp3) is 0.360. The van der Waals surface area contributed by atoms with E-state index in [1.165, 1.54) is 25.5 Å². The number of hydrogen-bond donors (Lipinski definition) is 2. The van der Waals surface area contributed by atoms with Crippen molar-refractivity contribution in [3.8, 4) is 11.8 Å². The topological polar surface area (TPSA) is 67.4 Å². The second kappa shape index (κ2) is 13.2. The summed E-state index contributed by atoms with van der Waals surface area (Å²) in [6.07, 6.45) is 4.68. The van der Waals surface area contributed by atoms with Gasteiger partial charge in [-0.15, -0.1) is 0 Å². The van der Waals surface area contributed by atoms with Gasteiger partial charge >= 0.3 is 5.97 Å². The molecule has 0 bridgehead atoms. The number of nitrogens with one attached hydrogen (secondary N) is 2. The molecule has 0 aromatic heterocycles. The van der Waals surface area contributed by atoms with Gasteiger partial charge in [-0.25, -0.2) is 4.79 Å². The molecule has 1 amide bonds. The molecule has 2 aromatic rings. The SMILES string of the molecule is COC(=O)C(C)NC(=O)c1ccc(C#CCNCCCCCc2ccccc2)cc1. The van der Waals surface area contributed by atoms with E-state index in [9.17, 15) is 9.59 Å². The molecule has 0 spiro atoms. The van der Waals surface area contributed by atoms with E-state index in [4.69, 9.17) is 0 Å². The Hall–Kier alpha value is -3.10. The third-order valence-electron chi connectivity index (χ3n) is 4.66. The number of esters is 1. The van der Waals surface area contributed by atoms with Crippen LogP contribution in [0.25, 0.3) is 0 Å². The summed E-state index contributed by atoms with van der Waals surface area (Å²) in [5, 5.41) is 5.94. The van der Waals surface area contributed by atoms with Crippen LogP contribution < -0.4 is 10.6 Å². The van der Waals surface area contributed by atoms with Gasteiger partial charge in [0.05, 0.1) is 13.7 Å². The first kappa shape index (κ1) is 23.2. The van der Waals surface area contributed by atoms with Crippen LogP contribution in [0.4, 0.5) is 0 Å². The molecule has 2 N–H and O–H groups in total. The molecule has 0 saturated carbocycles. The predicted octanol–water partition coefficient (Wildman–Crippen LogP) is 3.33. The van der Waals surface area contributed by atoms with Gasteiger partial charge in [0.2, 0.25) is 0 Å². The lowest BCUT2D eigenvalue weighted by Gasteiger charge is -2.11. The fourth-order valence-corrected chi connectivity index (χ4v) is 2.92. The van der Waals surface area contributed by atoms with Gasteiger partial charge in [0.25, 0.3) is 5.91 Å². The third-order valence-corrected chi connectivity index (χ3v) is 4.66. The first-order chi connectivity index (χ1) is 14.6. The van der Waals surface area contributed by atoms with Crippen molar-refractivity contribution in [2.45, 2.75) is 38.6 Å². The molecule has 2 aromatic carbocycles. The van der Waals surface area contributed by atoms with Crippen LogP contribution in [-0.4, -0.2) is 38.1 Å². The van der Waals surface area contributed by atoms with Crippen LogP contribution in [0.3, 0.4) is 0 Å². The summed E-state index contributed by atoms with van der Waals surface area (Å²) in [5.41, 5.74) is 2.72. The lowest BCUT2D eigenvalue weighted by atomic mass is 10.1. The molecule has 158 valence electrons. The minimum absolute atomic E-state index is 0.318. The largest absolute Gasteiger partial charge is 0.467 e. The Balaban J connectivity index is 1.62. The molecule has 0 fully saturated rings. The Morgan fingerprint density at radius 3 is 2.43 bits per heavy atom. The Morgan fingerprint density at radius 1 is 1.00 bits per heavy atom. The van der Waals surface area contributed by atoms with Crippen molar-refractivity contribution in [1.82, 2.24) is 10.6 Å². The number of hydrogen-bond acceptors (Lipinski definition) is 4. The molecule has 0 aliphatic heterocycles. The Morgan fingerprint density at radius 2 is 1.73 bits per heavy atom. The maximum Gasteiger partial charge on any atom is 0.328 e. The lowest BCUT2D eigenvalue weighted by Crippen LogP contribution is -2.39. The van der Waals surface area contributed by atoms with Gasteiger partial charge in [0, 0.05) is 11.1 Å². The average Bonchev–Trinajstić information content (AvgIpc) is 2.78. The van der Waals surface area contributed by atoms with E-state index < -0.39 is 12.0 Å². The van der Waals surface area contributed by atoms with Gasteiger partial charge in [-0.1, -0.05) is 48.6 Å². The van der Waals surface area contributed by atoms with Crippen LogP contribution in [0, 0.1) is 11.8 Å². The average molecular weight is 407 g/mol. The molecule has 1 atom stereocenters. The maximum atomic E-state index is 12.1. The highest BCUT2D eigenvalue weighted by Gasteiger charge is 2.16. The zero-order valence-corrected chi connectivity index (χ0v) is 17.7. The van der Waals surface area contributed by atoms with Crippen LogP contribution in [0.5, 0.6) is 0 Å². The molecule has 0 aliphatic carbocycles. The number of unbranched alkanes of at least 4 members (excludes halogenated alkanes) is 2. The molecule has 0 aliphatic rings. The summed E-state index contributed by atoms with van der Waals surface area (Å²) in [7, 11) is 1.29. The molecule has 5 nitrogen and oxygen atoms in total. The van der Waals surface area contributed by atoms with E-state index in [0.717, 1.165) is 24.9 Å². The number of rotatable bonds is 10. The number of methoxy groups -OCH3 is 1. The number of carbonyl (C=O) groups excluding carboxylic acids is 2. The quantitative estimate of drug-likeness (QED) is 0.361. The van der Waals surface area contributed by atoms with Crippen molar-refractivity contribution >= 4 is 11.9 Å². The molecule has 5 heteroatoms. The number of carbonyl (C=O) groups is 2. The molecule has 2 rings (SSSR count). The minimum atomic E-state index is -0.689. The summed E-state index contributed by atoms with van der Waals surface area (Å²) in [5.74, 6) is 5.39. The van der Waals surface area contributed by atoms with Crippen LogP contribution >= 0.6 is 0 Å². The third kappa shape index (κ3) is 8.50. The molecular formula is C25H30N2O3. The molecular weight excluding hydrogens is 376 g/mol.